The summed E-state index contributed by atoms with van der Waals surface area (Å²) in [4.78, 5) is 10.4. The summed E-state index contributed by atoms with van der Waals surface area (Å²) in [5, 5.41) is 3.60. The molecule has 3 heterocycles. The van der Waals surface area contributed by atoms with Crippen molar-refractivity contribution in [1.29, 1.82) is 0 Å². The topological polar surface area (TPSA) is 41.0 Å². The molecular formula is C17H21FN4. The van der Waals surface area contributed by atoms with Crippen LogP contribution in [0.2, 0.25) is 0 Å². The highest BCUT2D eigenvalue weighted by Gasteiger charge is 2.20. The van der Waals surface area contributed by atoms with Crippen molar-refractivity contribution in [1.82, 2.24) is 15.3 Å². The lowest BCUT2D eigenvalue weighted by atomic mass is 10.0. The van der Waals surface area contributed by atoms with E-state index in [0.29, 0.717) is 6.04 Å². The van der Waals surface area contributed by atoms with Gasteiger partial charge in [-0.1, -0.05) is 0 Å². The molecule has 0 bridgehead atoms. The lowest BCUT2D eigenvalue weighted by molar-refractivity contribution is 0.421. The van der Waals surface area contributed by atoms with Gasteiger partial charge in [0.25, 0.3) is 0 Å². The number of halogens is 1. The lowest BCUT2D eigenvalue weighted by Gasteiger charge is -2.34. The Morgan fingerprint density at radius 2 is 2.27 bits per heavy atom. The zero-order valence-corrected chi connectivity index (χ0v) is 12.8. The molecule has 0 saturated carbocycles. The molecule has 1 saturated heterocycles. The molecule has 22 heavy (non-hydrogen) atoms. The summed E-state index contributed by atoms with van der Waals surface area (Å²) in [5.74, 6) is -0.278. The third-order valence-electron chi connectivity index (χ3n) is 4.03. The molecule has 2 aromatic rings. The SMILES string of the molecule is Cc1cc(CNC2CCCN(c3cncc(F)c3)C2)ccn1. The van der Waals surface area contributed by atoms with Crippen molar-refractivity contribution in [3.05, 3.63) is 53.9 Å². The van der Waals surface area contributed by atoms with Crippen molar-refractivity contribution < 1.29 is 4.39 Å². The molecule has 1 fully saturated rings. The molecule has 0 aromatic carbocycles. The van der Waals surface area contributed by atoms with E-state index >= 15 is 0 Å². The molecule has 1 unspecified atom stereocenters. The van der Waals surface area contributed by atoms with Crippen LogP contribution in [0.15, 0.2) is 36.8 Å². The fourth-order valence-corrected chi connectivity index (χ4v) is 2.93. The van der Waals surface area contributed by atoms with Gasteiger partial charge in [0.2, 0.25) is 0 Å². The summed E-state index contributed by atoms with van der Waals surface area (Å²) in [6.45, 7) is 4.68. The Morgan fingerprint density at radius 3 is 3.09 bits per heavy atom. The van der Waals surface area contributed by atoms with Gasteiger partial charge < -0.3 is 10.2 Å². The summed E-state index contributed by atoms with van der Waals surface area (Å²) in [6.07, 6.45) is 7.07. The van der Waals surface area contributed by atoms with Gasteiger partial charge in [-0.05, 0) is 37.5 Å². The van der Waals surface area contributed by atoms with Crippen molar-refractivity contribution in [3.63, 3.8) is 0 Å². The predicted molar refractivity (Wildman–Crippen MR) is 85.2 cm³/mol. The number of hydrogen-bond donors (Lipinski definition) is 1. The van der Waals surface area contributed by atoms with Crippen molar-refractivity contribution in [2.24, 2.45) is 0 Å². The summed E-state index contributed by atoms with van der Waals surface area (Å²) in [5.41, 5.74) is 3.15. The van der Waals surface area contributed by atoms with Crippen LogP contribution >= 0.6 is 0 Å². The van der Waals surface area contributed by atoms with E-state index in [1.165, 1.54) is 11.8 Å². The number of piperidine rings is 1. The highest BCUT2D eigenvalue weighted by atomic mass is 19.1. The van der Waals surface area contributed by atoms with Crippen molar-refractivity contribution in [3.8, 4) is 0 Å². The standard InChI is InChI=1S/C17H21FN4/c1-13-7-14(4-5-20-13)9-21-16-3-2-6-22(12-16)17-8-15(18)10-19-11-17/h4-5,7-8,10-11,16,21H,2-3,6,9,12H2,1H3. The quantitative estimate of drug-likeness (QED) is 0.942. The van der Waals surface area contributed by atoms with Gasteiger partial charge in [0.15, 0.2) is 0 Å². The maximum Gasteiger partial charge on any atom is 0.143 e. The average molecular weight is 300 g/mol. The molecule has 0 radical (unpaired) electrons. The maximum absolute atomic E-state index is 13.3. The zero-order valence-electron chi connectivity index (χ0n) is 12.8. The van der Waals surface area contributed by atoms with E-state index in [2.05, 4.69) is 26.3 Å². The first-order valence-corrected chi connectivity index (χ1v) is 7.71. The zero-order chi connectivity index (χ0) is 15.4. The second kappa shape index (κ2) is 6.83. The summed E-state index contributed by atoms with van der Waals surface area (Å²) in [7, 11) is 0. The van der Waals surface area contributed by atoms with Gasteiger partial charge in [-0.15, -0.1) is 0 Å². The van der Waals surface area contributed by atoms with Crippen LogP contribution in [0.1, 0.15) is 24.1 Å². The smallest absolute Gasteiger partial charge is 0.143 e. The Morgan fingerprint density at radius 1 is 1.36 bits per heavy atom. The molecule has 1 aliphatic heterocycles. The number of rotatable bonds is 4. The molecule has 1 aliphatic rings. The van der Waals surface area contributed by atoms with Crippen LogP contribution in [-0.4, -0.2) is 29.1 Å². The lowest BCUT2D eigenvalue weighted by Crippen LogP contribution is -2.45. The fraction of sp³-hybridized carbons (Fsp3) is 0.412. The predicted octanol–water partition coefficient (Wildman–Crippen LogP) is 2.68. The molecule has 1 atom stereocenters. The third-order valence-corrected chi connectivity index (χ3v) is 4.03. The van der Waals surface area contributed by atoms with E-state index in [1.54, 1.807) is 12.3 Å². The number of aryl methyl sites for hydroxylation is 1. The molecule has 0 spiro atoms. The average Bonchev–Trinajstić information content (AvgIpc) is 2.53. The van der Waals surface area contributed by atoms with Crippen LogP contribution in [0.3, 0.4) is 0 Å². The molecule has 5 heteroatoms. The monoisotopic (exact) mass is 300 g/mol. The number of hydrogen-bond acceptors (Lipinski definition) is 4. The number of aromatic nitrogens is 2. The summed E-state index contributed by atoms with van der Waals surface area (Å²) < 4.78 is 13.3. The van der Waals surface area contributed by atoms with E-state index in [9.17, 15) is 4.39 Å². The van der Waals surface area contributed by atoms with Crippen molar-refractivity contribution in [2.45, 2.75) is 32.4 Å². The van der Waals surface area contributed by atoms with Crippen molar-refractivity contribution >= 4 is 5.69 Å². The third kappa shape index (κ3) is 3.80. The van der Waals surface area contributed by atoms with Gasteiger partial charge in [0.05, 0.1) is 18.1 Å². The molecule has 2 aromatic heterocycles. The first-order valence-electron chi connectivity index (χ1n) is 7.71. The van der Waals surface area contributed by atoms with Gasteiger partial charge in [0, 0.05) is 43.6 Å². The summed E-state index contributed by atoms with van der Waals surface area (Å²) >= 11 is 0. The van der Waals surface area contributed by atoms with Gasteiger partial charge in [-0.25, -0.2) is 4.39 Å². The Balaban J connectivity index is 1.59. The van der Waals surface area contributed by atoms with E-state index in [0.717, 1.165) is 43.9 Å². The molecule has 0 aliphatic carbocycles. The molecule has 4 nitrogen and oxygen atoms in total. The number of nitrogens with zero attached hydrogens (tertiary/aromatic N) is 3. The maximum atomic E-state index is 13.3. The molecule has 3 rings (SSSR count). The molecule has 0 amide bonds. The van der Waals surface area contributed by atoms with Crippen LogP contribution in [0, 0.1) is 12.7 Å². The van der Waals surface area contributed by atoms with E-state index < -0.39 is 0 Å². The van der Waals surface area contributed by atoms with Gasteiger partial charge in [-0.3, -0.25) is 9.97 Å². The highest BCUT2D eigenvalue weighted by Crippen LogP contribution is 2.20. The minimum atomic E-state index is -0.278. The summed E-state index contributed by atoms with van der Waals surface area (Å²) in [6, 6.07) is 6.11. The molecule has 116 valence electrons. The van der Waals surface area contributed by atoms with E-state index in [4.69, 9.17) is 0 Å². The van der Waals surface area contributed by atoms with Crippen LogP contribution in [0.25, 0.3) is 0 Å². The first-order chi connectivity index (χ1) is 10.7. The Kier molecular flexibility index (Phi) is 4.63. The molecular weight excluding hydrogens is 279 g/mol. The van der Waals surface area contributed by atoms with Gasteiger partial charge >= 0.3 is 0 Å². The van der Waals surface area contributed by atoms with Gasteiger partial charge in [0.1, 0.15) is 5.82 Å². The van der Waals surface area contributed by atoms with Crippen molar-refractivity contribution in [2.75, 3.05) is 18.0 Å². The highest BCUT2D eigenvalue weighted by molar-refractivity contribution is 5.44. The van der Waals surface area contributed by atoms with Crippen LogP contribution in [0.5, 0.6) is 0 Å². The largest absolute Gasteiger partial charge is 0.369 e. The van der Waals surface area contributed by atoms with Gasteiger partial charge in [-0.2, -0.15) is 0 Å². The Labute approximate surface area is 130 Å². The fourth-order valence-electron chi connectivity index (χ4n) is 2.93. The van der Waals surface area contributed by atoms with E-state index in [1.807, 2.05) is 19.2 Å². The van der Waals surface area contributed by atoms with E-state index in [-0.39, 0.29) is 5.82 Å². The number of nitrogens with one attached hydrogen (secondary N) is 1. The molecule has 1 N–H and O–H groups in total. The Hall–Kier alpha value is -2.01. The van der Waals surface area contributed by atoms with Crippen LogP contribution in [-0.2, 0) is 6.54 Å². The Bertz CT molecular complexity index is 632. The van der Waals surface area contributed by atoms with Crippen LogP contribution in [0.4, 0.5) is 10.1 Å². The second-order valence-corrected chi connectivity index (χ2v) is 5.83. The first kappa shape index (κ1) is 14.9. The normalized spacial score (nSPS) is 18.5. The minimum Gasteiger partial charge on any atom is -0.369 e. The minimum absolute atomic E-state index is 0.278. The number of pyridine rings is 2. The van der Waals surface area contributed by atoms with Crippen LogP contribution < -0.4 is 10.2 Å². The number of anilines is 1. The second-order valence-electron chi connectivity index (χ2n) is 5.83.